The number of nitrogens with one attached hydrogen (secondary N) is 1. The van der Waals surface area contributed by atoms with Crippen molar-refractivity contribution < 1.29 is 26.9 Å². The molecule has 0 saturated carbocycles. The highest BCUT2D eigenvalue weighted by molar-refractivity contribution is 5.77. The van der Waals surface area contributed by atoms with E-state index in [1.54, 1.807) is 0 Å². The van der Waals surface area contributed by atoms with E-state index in [1.807, 2.05) is 62.0 Å². The maximum Gasteiger partial charge on any atom is 0.262 e. The minimum Gasteiger partial charge on any atom is -1.00 e. The van der Waals surface area contributed by atoms with Gasteiger partial charge in [0, 0.05) is 11.1 Å². The predicted octanol–water partition coefficient (Wildman–Crippen LogP) is 1.09. The van der Waals surface area contributed by atoms with Crippen LogP contribution in [0.2, 0.25) is 0 Å². The lowest BCUT2D eigenvalue weighted by Gasteiger charge is -2.29. The van der Waals surface area contributed by atoms with E-state index in [0.29, 0.717) is 0 Å². The first-order chi connectivity index (χ1) is 15.9. The number of fused-ring (bicyclic) bond motifs is 1. The number of aliphatic hydroxyl groups excluding tert-OH is 1. The average Bonchev–Trinajstić information content (AvgIpc) is 3.16. The minimum atomic E-state index is -0.305. The number of aromatic nitrogens is 2. The molecular formula is C28H32ClN3O2. The standard InChI is InChI=1S/C28H31N3O2.ClH/c1-28(2,3)25(19-32)29-26(33)18-30-20-31(24-17-11-10-16-23(24)30)27(21-12-6-4-7-13-21)22-14-8-5-9-15-22;/h4-17,20,25,27,32H,18-19H2,1-3H3;1H/t25-;/m1./s1. The normalized spacial score (nSPS) is 12.4. The van der Waals surface area contributed by atoms with Crippen LogP contribution in [0.15, 0.2) is 91.3 Å². The molecular weight excluding hydrogens is 446 g/mol. The van der Waals surface area contributed by atoms with Gasteiger partial charge in [0.25, 0.3) is 5.91 Å². The lowest BCUT2D eigenvalue weighted by Crippen LogP contribution is -3.00. The molecule has 0 fully saturated rings. The molecule has 5 nitrogen and oxygen atoms in total. The van der Waals surface area contributed by atoms with Gasteiger partial charge in [-0.1, -0.05) is 93.6 Å². The Bertz CT molecular complexity index is 1180. The summed E-state index contributed by atoms with van der Waals surface area (Å²) >= 11 is 0. The molecule has 0 radical (unpaired) electrons. The first kappa shape index (κ1) is 25.5. The monoisotopic (exact) mass is 477 g/mol. The zero-order valence-electron chi connectivity index (χ0n) is 19.9. The highest BCUT2D eigenvalue weighted by Crippen LogP contribution is 2.29. The molecule has 3 aromatic carbocycles. The van der Waals surface area contributed by atoms with Crippen LogP contribution in [0.3, 0.4) is 0 Å². The van der Waals surface area contributed by atoms with Crippen LogP contribution in [-0.4, -0.2) is 28.2 Å². The topological polar surface area (TPSA) is 58.1 Å². The molecule has 2 N–H and O–H groups in total. The summed E-state index contributed by atoms with van der Waals surface area (Å²) in [5.41, 5.74) is 4.16. The SMILES string of the molecule is CC(C)(C)[C@@H](CO)NC(=O)C[n+]1cn(C(c2ccccc2)c2ccccc2)c2ccccc21.[Cl-]. The molecule has 0 bridgehead atoms. The molecule has 0 unspecified atom stereocenters. The van der Waals surface area contributed by atoms with Crippen molar-refractivity contribution in [3.05, 3.63) is 102 Å². The number of para-hydroxylation sites is 2. The quantitative estimate of drug-likeness (QED) is 0.392. The van der Waals surface area contributed by atoms with E-state index >= 15 is 0 Å². The highest BCUT2D eigenvalue weighted by atomic mass is 35.5. The number of rotatable bonds is 7. The number of carbonyl (C=O) groups excluding carboxylic acids is 1. The van der Waals surface area contributed by atoms with Gasteiger partial charge in [0.05, 0.1) is 12.6 Å². The summed E-state index contributed by atoms with van der Waals surface area (Å²) in [6.07, 6.45) is 2.03. The number of nitrogens with zero attached hydrogens (tertiary/aromatic N) is 2. The molecule has 4 rings (SSSR count). The minimum absolute atomic E-state index is 0. The first-order valence-electron chi connectivity index (χ1n) is 11.4. The molecule has 1 aromatic heterocycles. The second-order valence-corrected chi connectivity index (χ2v) is 9.53. The van der Waals surface area contributed by atoms with Gasteiger partial charge in [0.2, 0.25) is 6.33 Å². The Kier molecular flexibility index (Phi) is 8.13. The molecule has 0 aliphatic rings. The van der Waals surface area contributed by atoms with Gasteiger partial charge in [0.15, 0.2) is 23.6 Å². The zero-order chi connectivity index (χ0) is 23.4. The fourth-order valence-electron chi connectivity index (χ4n) is 4.25. The third-order valence-corrected chi connectivity index (χ3v) is 6.12. The van der Waals surface area contributed by atoms with Crippen molar-refractivity contribution in [1.29, 1.82) is 0 Å². The molecule has 0 saturated heterocycles. The lowest BCUT2D eigenvalue weighted by molar-refractivity contribution is -0.659. The second kappa shape index (κ2) is 10.9. The lowest BCUT2D eigenvalue weighted by atomic mass is 9.87. The summed E-state index contributed by atoms with van der Waals surface area (Å²) < 4.78 is 4.22. The van der Waals surface area contributed by atoms with Crippen LogP contribution >= 0.6 is 0 Å². The number of imidazole rings is 1. The Labute approximate surface area is 207 Å². The number of halogens is 1. The molecule has 1 atom stereocenters. The van der Waals surface area contributed by atoms with Crippen molar-refractivity contribution in [2.24, 2.45) is 5.41 Å². The van der Waals surface area contributed by atoms with E-state index in [4.69, 9.17) is 0 Å². The van der Waals surface area contributed by atoms with Gasteiger partial charge in [-0.25, -0.2) is 9.13 Å². The van der Waals surface area contributed by atoms with Gasteiger partial charge in [-0.2, -0.15) is 0 Å². The van der Waals surface area contributed by atoms with Gasteiger partial charge in [-0.15, -0.1) is 0 Å². The van der Waals surface area contributed by atoms with Crippen molar-refractivity contribution in [2.45, 2.75) is 39.4 Å². The van der Waals surface area contributed by atoms with Crippen molar-refractivity contribution in [2.75, 3.05) is 6.61 Å². The number of carbonyl (C=O) groups is 1. The second-order valence-electron chi connectivity index (χ2n) is 9.53. The van der Waals surface area contributed by atoms with E-state index in [2.05, 4.69) is 64.5 Å². The molecule has 178 valence electrons. The Balaban J connectivity index is 0.00000324. The average molecular weight is 478 g/mol. The summed E-state index contributed by atoms with van der Waals surface area (Å²) in [5, 5.41) is 12.8. The molecule has 0 aliphatic heterocycles. The molecule has 6 heteroatoms. The van der Waals surface area contributed by atoms with Gasteiger partial charge in [0.1, 0.15) is 0 Å². The number of amides is 1. The van der Waals surface area contributed by atoms with Crippen molar-refractivity contribution >= 4 is 16.9 Å². The largest absolute Gasteiger partial charge is 1.00 e. The smallest absolute Gasteiger partial charge is 0.262 e. The van der Waals surface area contributed by atoms with Crippen LogP contribution in [-0.2, 0) is 11.3 Å². The molecule has 0 spiro atoms. The summed E-state index contributed by atoms with van der Waals surface area (Å²) in [6, 6.07) is 28.6. The van der Waals surface area contributed by atoms with Crippen LogP contribution in [0.4, 0.5) is 0 Å². The number of benzene rings is 3. The summed E-state index contributed by atoms with van der Waals surface area (Å²) in [7, 11) is 0. The van der Waals surface area contributed by atoms with Crippen molar-refractivity contribution in [1.82, 2.24) is 9.88 Å². The van der Waals surface area contributed by atoms with Gasteiger partial charge in [-0.3, -0.25) is 4.79 Å². The highest BCUT2D eigenvalue weighted by Gasteiger charge is 2.29. The van der Waals surface area contributed by atoms with Crippen molar-refractivity contribution in [3.8, 4) is 0 Å². The number of aliphatic hydroxyl groups is 1. The summed E-state index contributed by atoms with van der Waals surface area (Å²) in [4.78, 5) is 12.9. The van der Waals surface area contributed by atoms with E-state index in [9.17, 15) is 9.90 Å². The molecule has 4 aromatic rings. The number of hydrogen-bond donors (Lipinski definition) is 2. The van der Waals surface area contributed by atoms with Crippen LogP contribution < -0.4 is 22.3 Å². The molecule has 1 amide bonds. The Morgan fingerprint density at radius 2 is 1.44 bits per heavy atom. The van der Waals surface area contributed by atoms with Gasteiger partial charge < -0.3 is 22.8 Å². The van der Waals surface area contributed by atoms with E-state index in [0.717, 1.165) is 11.0 Å². The first-order valence-corrected chi connectivity index (χ1v) is 11.4. The van der Waals surface area contributed by atoms with Gasteiger partial charge in [-0.05, 0) is 17.5 Å². The maximum absolute atomic E-state index is 12.9. The summed E-state index contributed by atoms with van der Waals surface area (Å²) in [6.45, 7) is 6.12. The van der Waals surface area contributed by atoms with E-state index in [-0.39, 0.29) is 49.0 Å². The van der Waals surface area contributed by atoms with Crippen LogP contribution in [0.5, 0.6) is 0 Å². The summed E-state index contributed by atoms with van der Waals surface area (Å²) in [5.74, 6) is -0.118. The predicted molar refractivity (Wildman–Crippen MR) is 131 cm³/mol. The number of hydrogen-bond acceptors (Lipinski definition) is 2. The third-order valence-electron chi connectivity index (χ3n) is 6.12. The van der Waals surface area contributed by atoms with E-state index in [1.165, 1.54) is 11.1 Å². The molecule has 34 heavy (non-hydrogen) atoms. The maximum atomic E-state index is 12.9. The van der Waals surface area contributed by atoms with E-state index < -0.39 is 0 Å². The Morgan fingerprint density at radius 3 is 1.97 bits per heavy atom. The zero-order valence-corrected chi connectivity index (χ0v) is 20.6. The van der Waals surface area contributed by atoms with Crippen LogP contribution in [0.25, 0.3) is 11.0 Å². The third kappa shape index (κ3) is 5.49. The van der Waals surface area contributed by atoms with Crippen LogP contribution in [0.1, 0.15) is 37.9 Å². The van der Waals surface area contributed by atoms with Crippen molar-refractivity contribution in [3.63, 3.8) is 0 Å². The molecule has 1 heterocycles. The Morgan fingerprint density at radius 1 is 0.912 bits per heavy atom. The fraction of sp³-hybridized carbons (Fsp3) is 0.286. The van der Waals surface area contributed by atoms with Crippen LogP contribution in [0, 0.1) is 5.41 Å². The Hall–Kier alpha value is -3.15. The van der Waals surface area contributed by atoms with Gasteiger partial charge >= 0.3 is 0 Å². The molecule has 0 aliphatic carbocycles. The fourth-order valence-corrected chi connectivity index (χ4v) is 4.25.